The van der Waals surface area contributed by atoms with Crippen molar-refractivity contribution in [3.8, 4) is 0 Å². The highest BCUT2D eigenvalue weighted by Crippen LogP contribution is 2.09. The summed E-state index contributed by atoms with van der Waals surface area (Å²) in [4.78, 5) is 10.3. The quantitative estimate of drug-likeness (QED) is 0.463. The van der Waals surface area contributed by atoms with Crippen molar-refractivity contribution in [2.24, 2.45) is 0 Å². The molecule has 0 fully saturated rings. The van der Waals surface area contributed by atoms with Crippen LogP contribution in [0.2, 0.25) is 0 Å². The fourth-order valence-corrected chi connectivity index (χ4v) is 0.541. The molecular weight excluding hydrogens is 164 g/mol. The van der Waals surface area contributed by atoms with Crippen LogP contribution in [0.15, 0.2) is 0 Å². The largest absolute Gasteiger partial charge is 0.463 e. The van der Waals surface area contributed by atoms with Gasteiger partial charge in [-0.1, -0.05) is 0 Å². The SMILES string of the molecule is CC(=O)OC[C@](C)(O)[C@H](O)CO. The van der Waals surface area contributed by atoms with Gasteiger partial charge in [0.1, 0.15) is 18.3 Å². The standard InChI is InChI=1S/C7H14O5/c1-5(9)12-4-7(2,11)6(10)3-8/h6,8,10-11H,3-4H2,1-2H3/t6-,7+/m1/s1. The lowest BCUT2D eigenvalue weighted by molar-refractivity contribution is -0.158. The number of hydrogen-bond acceptors (Lipinski definition) is 5. The molecule has 0 unspecified atom stereocenters. The molecule has 0 aliphatic carbocycles. The molecule has 0 aromatic heterocycles. The summed E-state index contributed by atoms with van der Waals surface area (Å²) in [7, 11) is 0. The minimum absolute atomic E-state index is 0.329. The topological polar surface area (TPSA) is 87.0 Å². The van der Waals surface area contributed by atoms with Gasteiger partial charge in [-0.25, -0.2) is 0 Å². The predicted molar refractivity (Wildman–Crippen MR) is 40.3 cm³/mol. The lowest BCUT2D eigenvalue weighted by Crippen LogP contribution is -2.46. The summed E-state index contributed by atoms with van der Waals surface area (Å²) >= 11 is 0. The van der Waals surface area contributed by atoms with E-state index in [1.807, 2.05) is 0 Å². The maximum absolute atomic E-state index is 10.3. The summed E-state index contributed by atoms with van der Waals surface area (Å²) in [5.41, 5.74) is -1.60. The zero-order valence-corrected chi connectivity index (χ0v) is 7.15. The number of hydrogen-bond donors (Lipinski definition) is 3. The lowest BCUT2D eigenvalue weighted by atomic mass is 10.0. The van der Waals surface area contributed by atoms with Crippen LogP contribution in [0, 0.1) is 0 Å². The minimum atomic E-state index is -1.60. The smallest absolute Gasteiger partial charge is 0.302 e. The van der Waals surface area contributed by atoms with Crippen molar-refractivity contribution in [3.05, 3.63) is 0 Å². The molecule has 0 aromatic rings. The van der Waals surface area contributed by atoms with E-state index in [1.165, 1.54) is 13.8 Å². The van der Waals surface area contributed by atoms with Crippen LogP contribution in [0.1, 0.15) is 13.8 Å². The molecule has 0 saturated heterocycles. The van der Waals surface area contributed by atoms with Crippen LogP contribution in [-0.4, -0.2) is 46.2 Å². The third-order valence-corrected chi connectivity index (χ3v) is 1.46. The highest BCUT2D eigenvalue weighted by molar-refractivity contribution is 5.65. The van der Waals surface area contributed by atoms with Gasteiger partial charge in [-0.3, -0.25) is 4.79 Å². The van der Waals surface area contributed by atoms with Gasteiger partial charge in [-0.05, 0) is 6.92 Å². The van der Waals surface area contributed by atoms with E-state index >= 15 is 0 Å². The summed E-state index contributed by atoms with van der Waals surface area (Å²) < 4.78 is 4.47. The number of aliphatic hydroxyl groups is 3. The van der Waals surface area contributed by atoms with Crippen LogP contribution >= 0.6 is 0 Å². The van der Waals surface area contributed by atoms with Gasteiger partial charge in [-0.15, -0.1) is 0 Å². The molecule has 0 rings (SSSR count). The fraction of sp³-hybridized carbons (Fsp3) is 0.857. The molecule has 0 spiro atoms. The van der Waals surface area contributed by atoms with E-state index in [1.54, 1.807) is 0 Å². The molecule has 3 N–H and O–H groups in total. The molecule has 0 aliphatic heterocycles. The molecule has 12 heavy (non-hydrogen) atoms. The van der Waals surface area contributed by atoms with Gasteiger partial charge in [0.2, 0.25) is 0 Å². The third kappa shape index (κ3) is 3.66. The molecular formula is C7H14O5. The first-order chi connectivity index (χ1) is 5.40. The van der Waals surface area contributed by atoms with Crippen molar-refractivity contribution in [2.75, 3.05) is 13.2 Å². The molecule has 0 aliphatic rings. The van der Waals surface area contributed by atoms with Gasteiger partial charge in [0.25, 0.3) is 0 Å². The monoisotopic (exact) mass is 178 g/mol. The lowest BCUT2D eigenvalue weighted by Gasteiger charge is -2.26. The van der Waals surface area contributed by atoms with E-state index in [-0.39, 0.29) is 6.61 Å². The van der Waals surface area contributed by atoms with Crippen molar-refractivity contribution in [1.82, 2.24) is 0 Å². The van der Waals surface area contributed by atoms with Gasteiger partial charge in [-0.2, -0.15) is 0 Å². The Balaban J connectivity index is 3.94. The number of carbonyl (C=O) groups excluding carboxylic acids is 1. The summed E-state index contributed by atoms with van der Waals surface area (Å²) in [6.07, 6.45) is -1.31. The fourth-order valence-electron chi connectivity index (χ4n) is 0.541. The van der Waals surface area contributed by atoms with Crippen molar-refractivity contribution in [2.45, 2.75) is 25.6 Å². The first-order valence-electron chi connectivity index (χ1n) is 3.55. The van der Waals surface area contributed by atoms with Gasteiger partial charge in [0, 0.05) is 6.92 Å². The Bertz CT molecular complexity index is 154. The van der Waals surface area contributed by atoms with Crippen LogP contribution in [0.5, 0.6) is 0 Å². The maximum Gasteiger partial charge on any atom is 0.302 e. The van der Waals surface area contributed by atoms with Crippen LogP contribution in [-0.2, 0) is 9.53 Å². The number of aliphatic hydroxyl groups excluding tert-OH is 2. The van der Waals surface area contributed by atoms with E-state index in [0.717, 1.165) is 0 Å². The molecule has 0 aromatic carbocycles. The second-order valence-electron chi connectivity index (χ2n) is 2.84. The van der Waals surface area contributed by atoms with E-state index in [0.29, 0.717) is 0 Å². The van der Waals surface area contributed by atoms with E-state index in [4.69, 9.17) is 10.2 Å². The summed E-state index contributed by atoms with van der Waals surface area (Å²) in [5.74, 6) is -0.541. The molecule has 5 heteroatoms. The van der Waals surface area contributed by atoms with Crippen molar-refractivity contribution in [1.29, 1.82) is 0 Å². The van der Waals surface area contributed by atoms with Gasteiger partial charge in [0.15, 0.2) is 0 Å². The zero-order chi connectivity index (χ0) is 9.78. The third-order valence-electron chi connectivity index (χ3n) is 1.46. The molecule has 0 bridgehead atoms. The van der Waals surface area contributed by atoms with E-state index in [2.05, 4.69) is 4.74 Å². The molecule has 0 saturated carbocycles. The summed E-state index contributed by atoms with van der Waals surface area (Å²) in [6, 6.07) is 0. The number of ether oxygens (including phenoxy) is 1. The molecule has 2 atom stereocenters. The van der Waals surface area contributed by atoms with Crippen molar-refractivity contribution < 1.29 is 24.9 Å². The van der Waals surface area contributed by atoms with E-state index in [9.17, 15) is 9.90 Å². The molecule has 5 nitrogen and oxygen atoms in total. The first-order valence-corrected chi connectivity index (χ1v) is 3.55. The van der Waals surface area contributed by atoms with Gasteiger partial charge >= 0.3 is 5.97 Å². The Morgan fingerprint density at radius 3 is 2.50 bits per heavy atom. The average Bonchev–Trinajstić information content (AvgIpc) is 1.99. The number of carbonyl (C=O) groups is 1. The second kappa shape index (κ2) is 4.39. The Morgan fingerprint density at radius 1 is 1.67 bits per heavy atom. The summed E-state index contributed by atoms with van der Waals surface area (Å²) in [5, 5.41) is 26.8. The van der Waals surface area contributed by atoms with Crippen LogP contribution in [0.4, 0.5) is 0 Å². The van der Waals surface area contributed by atoms with Crippen molar-refractivity contribution in [3.63, 3.8) is 0 Å². The molecule has 0 radical (unpaired) electrons. The Kier molecular flexibility index (Phi) is 4.16. The second-order valence-corrected chi connectivity index (χ2v) is 2.84. The van der Waals surface area contributed by atoms with Crippen molar-refractivity contribution >= 4 is 5.97 Å². The summed E-state index contributed by atoms with van der Waals surface area (Å²) in [6.45, 7) is 1.57. The molecule has 72 valence electrons. The van der Waals surface area contributed by atoms with Gasteiger partial charge < -0.3 is 20.1 Å². The Hall–Kier alpha value is -0.650. The minimum Gasteiger partial charge on any atom is -0.463 e. The van der Waals surface area contributed by atoms with Gasteiger partial charge in [0.05, 0.1) is 6.61 Å². The maximum atomic E-state index is 10.3. The predicted octanol–water partition coefficient (Wildman–Crippen LogP) is -1.35. The Morgan fingerprint density at radius 2 is 2.17 bits per heavy atom. The highest BCUT2D eigenvalue weighted by Gasteiger charge is 2.30. The average molecular weight is 178 g/mol. The zero-order valence-electron chi connectivity index (χ0n) is 7.15. The first kappa shape index (κ1) is 11.4. The molecule has 0 heterocycles. The highest BCUT2D eigenvalue weighted by atomic mass is 16.5. The van der Waals surface area contributed by atoms with Crippen LogP contribution < -0.4 is 0 Å². The molecule has 0 amide bonds. The Labute approximate surface area is 70.6 Å². The normalized spacial score (nSPS) is 18.1. The van der Waals surface area contributed by atoms with Crippen LogP contribution in [0.3, 0.4) is 0 Å². The number of rotatable bonds is 4. The number of esters is 1. The van der Waals surface area contributed by atoms with Crippen LogP contribution in [0.25, 0.3) is 0 Å². The van der Waals surface area contributed by atoms with E-state index < -0.39 is 24.3 Å².